The van der Waals surface area contributed by atoms with Crippen LogP contribution in [0.1, 0.15) is 18.7 Å². The summed E-state index contributed by atoms with van der Waals surface area (Å²) in [7, 11) is 0. The molecule has 0 fully saturated rings. The molecule has 0 aliphatic rings. The van der Waals surface area contributed by atoms with Crippen molar-refractivity contribution in [3.05, 3.63) is 25.9 Å². The van der Waals surface area contributed by atoms with E-state index in [9.17, 15) is 4.79 Å². The SMILES string of the molecule is Cc1ncc(I)c(=O)n1CCCCBr. The largest absolute Gasteiger partial charge is 0.296 e. The normalized spacial score (nSPS) is 10.5. The summed E-state index contributed by atoms with van der Waals surface area (Å²) in [5, 5.41) is 0.984. The monoisotopic (exact) mass is 370 g/mol. The van der Waals surface area contributed by atoms with Crippen molar-refractivity contribution in [1.82, 2.24) is 9.55 Å². The Kier molecular flexibility index (Phi) is 5.08. The summed E-state index contributed by atoms with van der Waals surface area (Å²) in [4.78, 5) is 15.8. The number of aromatic nitrogens is 2. The Hall–Kier alpha value is 0.0900. The van der Waals surface area contributed by atoms with E-state index in [1.165, 1.54) is 0 Å². The maximum absolute atomic E-state index is 11.7. The van der Waals surface area contributed by atoms with Gasteiger partial charge in [0.05, 0.1) is 3.57 Å². The van der Waals surface area contributed by atoms with Gasteiger partial charge in [-0.05, 0) is 42.4 Å². The molecule has 1 aromatic heterocycles. The number of halogens is 2. The highest BCUT2D eigenvalue weighted by Gasteiger charge is 2.04. The number of unbranched alkanes of at least 4 members (excludes halogenated alkanes) is 1. The number of rotatable bonds is 4. The van der Waals surface area contributed by atoms with Gasteiger partial charge in [0, 0.05) is 18.1 Å². The first kappa shape index (κ1) is 12.2. The van der Waals surface area contributed by atoms with Crippen LogP contribution in [0.25, 0.3) is 0 Å². The first-order chi connectivity index (χ1) is 6.66. The number of aryl methyl sites for hydroxylation is 1. The molecule has 1 rings (SSSR count). The van der Waals surface area contributed by atoms with Crippen molar-refractivity contribution in [3.63, 3.8) is 0 Å². The van der Waals surface area contributed by atoms with Gasteiger partial charge in [-0.15, -0.1) is 0 Å². The van der Waals surface area contributed by atoms with E-state index in [1.807, 2.05) is 29.5 Å². The van der Waals surface area contributed by atoms with Crippen molar-refractivity contribution < 1.29 is 0 Å². The number of alkyl halides is 1. The fourth-order valence-electron chi connectivity index (χ4n) is 1.18. The van der Waals surface area contributed by atoms with E-state index in [4.69, 9.17) is 0 Å². The Bertz CT molecular complexity index is 364. The molecule has 0 unspecified atom stereocenters. The zero-order valence-corrected chi connectivity index (χ0v) is 11.7. The van der Waals surface area contributed by atoms with Crippen molar-refractivity contribution in [2.45, 2.75) is 26.3 Å². The van der Waals surface area contributed by atoms with Gasteiger partial charge in [-0.25, -0.2) is 4.98 Å². The molecule has 0 atom stereocenters. The summed E-state index contributed by atoms with van der Waals surface area (Å²) in [6, 6.07) is 0. The predicted molar refractivity (Wildman–Crippen MR) is 69.0 cm³/mol. The second-order valence-electron chi connectivity index (χ2n) is 3.01. The molecular formula is C9H12BrIN2O. The van der Waals surface area contributed by atoms with Gasteiger partial charge < -0.3 is 0 Å². The fourth-order valence-corrected chi connectivity index (χ4v) is 2.01. The molecule has 0 aromatic carbocycles. The third kappa shape index (κ3) is 3.05. The van der Waals surface area contributed by atoms with E-state index in [2.05, 4.69) is 20.9 Å². The van der Waals surface area contributed by atoms with Crippen LogP contribution in [0.3, 0.4) is 0 Å². The molecule has 3 nitrogen and oxygen atoms in total. The van der Waals surface area contributed by atoms with E-state index >= 15 is 0 Å². The highest BCUT2D eigenvalue weighted by molar-refractivity contribution is 14.1. The summed E-state index contributed by atoms with van der Waals surface area (Å²) in [6.07, 6.45) is 3.71. The van der Waals surface area contributed by atoms with Gasteiger partial charge in [0.1, 0.15) is 5.82 Å². The molecule has 0 radical (unpaired) electrons. The van der Waals surface area contributed by atoms with Crippen LogP contribution >= 0.6 is 38.5 Å². The van der Waals surface area contributed by atoms with Crippen molar-refractivity contribution in [1.29, 1.82) is 0 Å². The molecule has 1 heterocycles. The molecule has 78 valence electrons. The first-order valence-electron chi connectivity index (χ1n) is 4.44. The smallest absolute Gasteiger partial charge is 0.266 e. The van der Waals surface area contributed by atoms with Crippen LogP contribution in [-0.2, 0) is 6.54 Å². The molecule has 0 aliphatic heterocycles. The topological polar surface area (TPSA) is 34.9 Å². The lowest BCUT2D eigenvalue weighted by atomic mass is 10.3. The van der Waals surface area contributed by atoms with E-state index in [-0.39, 0.29) is 5.56 Å². The Morgan fingerprint density at radius 1 is 1.57 bits per heavy atom. The second kappa shape index (κ2) is 5.85. The van der Waals surface area contributed by atoms with Crippen molar-refractivity contribution in [2.75, 3.05) is 5.33 Å². The molecule has 0 spiro atoms. The van der Waals surface area contributed by atoms with Crippen LogP contribution in [0.4, 0.5) is 0 Å². The second-order valence-corrected chi connectivity index (χ2v) is 4.96. The number of hydrogen-bond acceptors (Lipinski definition) is 2. The van der Waals surface area contributed by atoms with Crippen molar-refractivity contribution in [2.24, 2.45) is 0 Å². The predicted octanol–water partition coefficient (Wildman–Crippen LogP) is 2.33. The van der Waals surface area contributed by atoms with E-state index in [0.29, 0.717) is 3.57 Å². The highest BCUT2D eigenvalue weighted by atomic mass is 127. The van der Waals surface area contributed by atoms with Gasteiger partial charge in [0.15, 0.2) is 0 Å². The minimum absolute atomic E-state index is 0.0765. The maximum Gasteiger partial charge on any atom is 0.266 e. The van der Waals surface area contributed by atoms with Gasteiger partial charge in [0.2, 0.25) is 0 Å². The Balaban J connectivity index is 2.84. The van der Waals surface area contributed by atoms with Crippen LogP contribution < -0.4 is 5.56 Å². The van der Waals surface area contributed by atoms with E-state index in [1.54, 1.807) is 10.8 Å². The fraction of sp³-hybridized carbons (Fsp3) is 0.556. The molecule has 0 N–H and O–H groups in total. The minimum Gasteiger partial charge on any atom is -0.296 e. The van der Waals surface area contributed by atoms with E-state index in [0.717, 1.165) is 30.5 Å². The van der Waals surface area contributed by atoms with Crippen LogP contribution in [0.15, 0.2) is 11.0 Å². The standard InChI is InChI=1S/C9H12BrIN2O/c1-7-12-6-8(11)9(14)13(7)5-3-2-4-10/h6H,2-5H2,1H3. The van der Waals surface area contributed by atoms with E-state index < -0.39 is 0 Å². The zero-order valence-electron chi connectivity index (χ0n) is 7.96. The van der Waals surface area contributed by atoms with Crippen LogP contribution in [0, 0.1) is 10.5 Å². The molecule has 0 saturated heterocycles. The average molecular weight is 371 g/mol. The minimum atomic E-state index is 0.0765. The maximum atomic E-state index is 11.7. The lowest BCUT2D eigenvalue weighted by Gasteiger charge is -2.08. The number of hydrogen-bond donors (Lipinski definition) is 0. The molecule has 0 bridgehead atoms. The molecule has 5 heteroatoms. The zero-order chi connectivity index (χ0) is 10.6. The lowest BCUT2D eigenvalue weighted by Crippen LogP contribution is -2.25. The quantitative estimate of drug-likeness (QED) is 0.463. The lowest BCUT2D eigenvalue weighted by molar-refractivity contribution is 0.585. The first-order valence-corrected chi connectivity index (χ1v) is 6.64. The summed E-state index contributed by atoms with van der Waals surface area (Å²) < 4.78 is 2.43. The summed E-state index contributed by atoms with van der Waals surface area (Å²) in [6.45, 7) is 2.63. The van der Waals surface area contributed by atoms with Crippen LogP contribution in [0.5, 0.6) is 0 Å². The number of nitrogens with zero attached hydrogens (tertiary/aromatic N) is 2. The van der Waals surface area contributed by atoms with Crippen molar-refractivity contribution >= 4 is 38.5 Å². The van der Waals surface area contributed by atoms with Gasteiger partial charge in [-0.3, -0.25) is 9.36 Å². The summed E-state index contributed by atoms with van der Waals surface area (Å²) in [5.41, 5.74) is 0.0765. The Morgan fingerprint density at radius 3 is 2.93 bits per heavy atom. The van der Waals surface area contributed by atoms with Crippen LogP contribution in [-0.4, -0.2) is 14.9 Å². The van der Waals surface area contributed by atoms with Gasteiger partial charge in [-0.1, -0.05) is 15.9 Å². The van der Waals surface area contributed by atoms with Gasteiger partial charge >= 0.3 is 0 Å². The van der Waals surface area contributed by atoms with Gasteiger partial charge in [-0.2, -0.15) is 0 Å². The third-order valence-electron chi connectivity index (χ3n) is 1.97. The summed E-state index contributed by atoms with van der Waals surface area (Å²) in [5.74, 6) is 0.796. The molecule has 0 saturated carbocycles. The Labute approximate surface area is 105 Å². The highest BCUT2D eigenvalue weighted by Crippen LogP contribution is 2.01. The van der Waals surface area contributed by atoms with Crippen molar-refractivity contribution in [3.8, 4) is 0 Å². The molecular weight excluding hydrogens is 359 g/mol. The Morgan fingerprint density at radius 2 is 2.29 bits per heavy atom. The molecule has 14 heavy (non-hydrogen) atoms. The third-order valence-corrected chi connectivity index (χ3v) is 3.27. The van der Waals surface area contributed by atoms with Crippen LogP contribution in [0.2, 0.25) is 0 Å². The average Bonchev–Trinajstić information content (AvgIpc) is 2.18. The molecule has 0 amide bonds. The molecule has 0 aliphatic carbocycles. The molecule has 1 aromatic rings. The van der Waals surface area contributed by atoms with Gasteiger partial charge in [0.25, 0.3) is 5.56 Å². The summed E-state index contributed by atoms with van der Waals surface area (Å²) >= 11 is 5.39.